The molecule has 0 aromatic heterocycles. The second-order valence-electron chi connectivity index (χ2n) is 23.5. The molecule has 0 heterocycles. The molecule has 0 fully saturated rings. The van der Waals surface area contributed by atoms with Gasteiger partial charge in [0.15, 0.2) is 0 Å². The average molecular weight is 1040 g/mol. The second kappa shape index (κ2) is 64.1. The van der Waals surface area contributed by atoms with Crippen molar-refractivity contribution in [3.05, 3.63) is 12.2 Å². The fourth-order valence-electron chi connectivity index (χ4n) is 10.9. The first-order chi connectivity index (χ1) is 36.5. The Morgan fingerprint density at radius 2 is 0.635 bits per heavy atom. The van der Waals surface area contributed by atoms with Crippen molar-refractivity contribution in [2.45, 2.75) is 398 Å². The highest BCUT2D eigenvalue weighted by Crippen LogP contribution is 2.19. The molecule has 0 spiro atoms. The summed E-state index contributed by atoms with van der Waals surface area (Å²) in [4.78, 5) is 24.6. The van der Waals surface area contributed by atoms with Crippen LogP contribution in [0.4, 0.5) is 0 Å². The zero-order chi connectivity index (χ0) is 53.6. The number of allylic oxidation sites excluding steroid dienone is 2. The molecular formula is C68H133NO5. The molecule has 3 N–H and O–H groups in total. The van der Waals surface area contributed by atoms with Gasteiger partial charge in [0, 0.05) is 12.8 Å². The smallest absolute Gasteiger partial charge is 0.305 e. The number of carbonyl (C=O) groups excluding carboxylic acids is 2. The molecule has 0 aromatic carbocycles. The van der Waals surface area contributed by atoms with Crippen molar-refractivity contribution in [3.8, 4) is 0 Å². The van der Waals surface area contributed by atoms with Gasteiger partial charge in [-0.05, 0) is 51.4 Å². The highest BCUT2D eigenvalue weighted by Gasteiger charge is 2.20. The van der Waals surface area contributed by atoms with Crippen LogP contribution in [0.25, 0.3) is 0 Å². The van der Waals surface area contributed by atoms with Crippen molar-refractivity contribution in [1.82, 2.24) is 5.32 Å². The molecule has 74 heavy (non-hydrogen) atoms. The molecule has 0 aliphatic rings. The van der Waals surface area contributed by atoms with Crippen LogP contribution in [0.3, 0.4) is 0 Å². The van der Waals surface area contributed by atoms with Crippen molar-refractivity contribution in [2.75, 3.05) is 13.2 Å². The van der Waals surface area contributed by atoms with E-state index in [-0.39, 0.29) is 18.5 Å². The zero-order valence-electron chi connectivity index (χ0n) is 50.4. The highest BCUT2D eigenvalue weighted by atomic mass is 16.5. The van der Waals surface area contributed by atoms with Crippen molar-refractivity contribution < 1.29 is 24.5 Å². The number of amides is 1. The van der Waals surface area contributed by atoms with Gasteiger partial charge in [-0.25, -0.2) is 0 Å². The Balaban J connectivity index is 3.37. The minimum atomic E-state index is -0.666. The van der Waals surface area contributed by atoms with Crippen LogP contribution in [-0.2, 0) is 14.3 Å². The Morgan fingerprint density at radius 1 is 0.365 bits per heavy atom. The van der Waals surface area contributed by atoms with Crippen LogP contribution >= 0.6 is 0 Å². The summed E-state index contributed by atoms with van der Waals surface area (Å²) in [6.07, 6.45) is 78.1. The molecule has 2 atom stereocenters. The lowest BCUT2D eigenvalue weighted by molar-refractivity contribution is -0.143. The van der Waals surface area contributed by atoms with Gasteiger partial charge in [-0.1, -0.05) is 334 Å². The number of nitrogens with one attached hydrogen (secondary N) is 1. The van der Waals surface area contributed by atoms with Gasteiger partial charge in [-0.15, -0.1) is 0 Å². The van der Waals surface area contributed by atoms with Crippen molar-refractivity contribution >= 4 is 11.9 Å². The van der Waals surface area contributed by atoms with E-state index in [2.05, 4.69) is 31.3 Å². The van der Waals surface area contributed by atoms with E-state index in [0.29, 0.717) is 25.9 Å². The number of aliphatic hydroxyl groups excluding tert-OH is 2. The molecule has 0 saturated heterocycles. The normalized spacial score (nSPS) is 12.5. The van der Waals surface area contributed by atoms with Gasteiger partial charge in [0.05, 0.1) is 25.4 Å². The maximum Gasteiger partial charge on any atom is 0.305 e. The van der Waals surface area contributed by atoms with Crippen molar-refractivity contribution in [2.24, 2.45) is 0 Å². The lowest BCUT2D eigenvalue weighted by Crippen LogP contribution is -2.45. The number of hydrogen-bond donors (Lipinski definition) is 3. The predicted octanol–water partition coefficient (Wildman–Crippen LogP) is 21.6. The number of esters is 1. The van der Waals surface area contributed by atoms with Gasteiger partial charge in [-0.3, -0.25) is 9.59 Å². The monoisotopic (exact) mass is 1040 g/mol. The van der Waals surface area contributed by atoms with Crippen LogP contribution in [0.2, 0.25) is 0 Å². The Bertz CT molecular complexity index is 1110. The number of aliphatic hydroxyl groups is 2. The van der Waals surface area contributed by atoms with Gasteiger partial charge in [0.25, 0.3) is 0 Å². The summed E-state index contributed by atoms with van der Waals surface area (Å²) >= 11 is 0. The molecule has 6 nitrogen and oxygen atoms in total. The van der Waals surface area contributed by atoms with E-state index in [9.17, 15) is 19.8 Å². The van der Waals surface area contributed by atoms with Crippen LogP contribution in [0.1, 0.15) is 386 Å². The lowest BCUT2D eigenvalue weighted by Gasteiger charge is -2.22. The summed E-state index contributed by atoms with van der Waals surface area (Å²) in [6.45, 7) is 4.99. The Morgan fingerprint density at radius 3 is 0.959 bits per heavy atom. The molecule has 0 rings (SSSR count). The van der Waals surface area contributed by atoms with E-state index in [1.54, 1.807) is 0 Å². The number of unbranched alkanes of at least 4 members (excludes halogenated alkanes) is 51. The largest absolute Gasteiger partial charge is 0.466 e. The van der Waals surface area contributed by atoms with Crippen LogP contribution in [0.15, 0.2) is 12.2 Å². The molecule has 1 amide bonds. The predicted molar refractivity (Wildman–Crippen MR) is 324 cm³/mol. The molecule has 0 aliphatic heterocycles. The van der Waals surface area contributed by atoms with E-state index < -0.39 is 12.1 Å². The molecule has 0 saturated carbocycles. The quantitative estimate of drug-likeness (QED) is 0.0320. The third-order valence-electron chi connectivity index (χ3n) is 16.1. The summed E-state index contributed by atoms with van der Waals surface area (Å²) in [6, 6.07) is -0.543. The highest BCUT2D eigenvalue weighted by molar-refractivity contribution is 5.76. The van der Waals surface area contributed by atoms with Crippen LogP contribution in [-0.4, -0.2) is 47.4 Å². The minimum absolute atomic E-state index is 0.0179. The standard InChI is InChI=1S/C68H133NO5/c1-3-5-7-9-11-13-15-17-19-32-36-40-44-48-52-56-60-66(71)65(64-70)69-67(72)61-57-53-49-45-41-37-33-30-28-26-24-22-21-23-25-27-29-31-35-39-43-47-51-55-59-63-74-68(73)62-58-54-50-46-42-38-34-20-18-16-14-12-10-8-6-4-2/h22,24,65-66,70-71H,3-21,23,25-64H2,1-2H3,(H,69,72)/b24-22-. The second-order valence-corrected chi connectivity index (χ2v) is 23.5. The number of ether oxygens (including phenoxy) is 1. The van der Waals surface area contributed by atoms with Gasteiger partial charge in [0.1, 0.15) is 0 Å². The Labute approximate surface area is 463 Å². The third kappa shape index (κ3) is 59.8. The summed E-state index contributed by atoms with van der Waals surface area (Å²) in [5.41, 5.74) is 0. The molecule has 6 heteroatoms. The van der Waals surface area contributed by atoms with E-state index in [1.165, 1.54) is 315 Å². The van der Waals surface area contributed by atoms with Crippen LogP contribution in [0, 0.1) is 0 Å². The van der Waals surface area contributed by atoms with E-state index in [1.807, 2.05) is 0 Å². The first-order valence-electron chi connectivity index (χ1n) is 33.9. The minimum Gasteiger partial charge on any atom is -0.466 e. The van der Waals surface area contributed by atoms with Gasteiger partial charge in [0.2, 0.25) is 5.91 Å². The molecule has 0 radical (unpaired) electrons. The fourth-order valence-corrected chi connectivity index (χ4v) is 10.9. The number of hydrogen-bond acceptors (Lipinski definition) is 5. The first kappa shape index (κ1) is 72.6. The molecule has 0 aromatic rings. The third-order valence-corrected chi connectivity index (χ3v) is 16.1. The maximum atomic E-state index is 12.5. The molecule has 0 bridgehead atoms. The molecule has 2 unspecified atom stereocenters. The van der Waals surface area contributed by atoms with E-state index >= 15 is 0 Å². The molecule has 440 valence electrons. The van der Waals surface area contributed by atoms with Crippen molar-refractivity contribution in [3.63, 3.8) is 0 Å². The van der Waals surface area contributed by atoms with Gasteiger partial charge < -0.3 is 20.3 Å². The topological polar surface area (TPSA) is 95.9 Å². The van der Waals surface area contributed by atoms with Gasteiger partial charge in [-0.2, -0.15) is 0 Å². The number of rotatable bonds is 64. The summed E-state index contributed by atoms with van der Waals surface area (Å²) in [7, 11) is 0. The van der Waals surface area contributed by atoms with E-state index in [4.69, 9.17) is 4.74 Å². The zero-order valence-corrected chi connectivity index (χ0v) is 50.4. The van der Waals surface area contributed by atoms with E-state index in [0.717, 1.165) is 38.5 Å². The summed E-state index contributed by atoms with van der Waals surface area (Å²) in [5, 5.41) is 23.3. The molecular weight excluding hydrogens is 911 g/mol. The SMILES string of the molecule is CCCCCCCCCCCCCCCCCCC(=O)OCCCCCCCCCCCCCC/C=C\CCCCCCCCCCCC(=O)NC(CO)C(O)CCCCCCCCCCCCCCCCCC. The fraction of sp³-hybridized carbons (Fsp3) is 0.941. The Hall–Kier alpha value is -1.40. The molecule has 0 aliphatic carbocycles. The summed E-state index contributed by atoms with van der Waals surface area (Å²) in [5.74, 6) is -0.0168. The van der Waals surface area contributed by atoms with Crippen LogP contribution < -0.4 is 5.32 Å². The summed E-state index contributed by atoms with van der Waals surface area (Å²) < 4.78 is 5.50. The van der Waals surface area contributed by atoms with Crippen molar-refractivity contribution in [1.29, 1.82) is 0 Å². The number of carbonyl (C=O) groups is 2. The van der Waals surface area contributed by atoms with Crippen LogP contribution in [0.5, 0.6) is 0 Å². The first-order valence-corrected chi connectivity index (χ1v) is 33.9. The maximum absolute atomic E-state index is 12.5. The Kier molecular flexibility index (Phi) is 62.9. The van der Waals surface area contributed by atoms with Gasteiger partial charge >= 0.3 is 5.97 Å². The average Bonchev–Trinajstić information content (AvgIpc) is 3.40. The lowest BCUT2D eigenvalue weighted by atomic mass is 10.0.